The molecule has 0 aromatic carbocycles. The first-order valence-corrected chi connectivity index (χ1v) is 9.56. The molecule has 1 unspecified atom stereocenters. The molecule has 0 aliphatic heterocycles. The number of unbranched alkanes of at least 4 members (excludes halogenated alkanes) is 1. The zero-order chi connectivity index (χ0) is 14.6. The summed E-state index contributed by atoms with van der Waals surface area (Å²) in [7, 11) is -2.94. The standard InChI is InChI=1S/C14H32O4Si/c1-5-9-10-14(15)19(16-11-6-2,17-12-7-3)18-13-8-4/h14-15H,5-13H2,1-4H3. The molecular weight excluding hydrogens is 260 g/mol. The Morgan fingerprint density at radius 2 is 1.21 bits per heavy atom. The lowest BCUT2D eigenvalue weighted by molar-refractivity contribution is 0.0110. The second-order valence-electron chi connectivity index (χ2n) is 4.81. The molecule has 0 amide bonds. The first kappa shape index (κ1) is 19.1. The van der Waals surface area contributed by atoms with E-state index in [4.69, 9.17) is 13.3 Å². The number of hydrogen-bond acceptors (Lipinski definition) is 4. The van der Waals surface area contributed by atoms with Crippen LogP contribution in [-0.2, 0) is 13.3 Å². The summed E-state index contributed by atoms with van der Waals surface area (Å²) in [6, 6.07) is 0. The smallest absolute Gasteiger partial charge is 0.389 e. The van der Waals surface area contributed by atoms with Gasteiger partial charge in [0.05, 0.1) is 0 Å². The van der Waals surface area contributed by atoms with E-state index in [0.29, 0.717) is 26.2 Å². The van der Waals surface area contributed by atoms with Crippen molar-refractivity contribution >= 4 is 8.80 Å². The van der Waals surface area contributed by atoms with Crippen molar-refractivity contribution in [3.63, 3.8) is 0 Å². The van der Waals surface area contributed by atoms with Gasteiger partial charge in [0, 0.05) is 19.8 Å². The summed E-state index contributed by atoms with van der Waals surface area (Å²) in [5.74, 6) is 0. The van der Waals surface area contributed by atoms with Gasteiger partial charge in [-0.25, -0.2) is 0 Å². The highest BCUT2D eigenvalue weighted by molar-refractivity contribution is 6.62. The average Bonchev–Trinajstić information content (AvgIpc) is 2.44. The molecule has 0 heterocycles. The highest BCUT2D eigenvalue weighted by Crippen LogP contribution is 2.20. The quantitative estimate of drug-likeness (QED) is 0.529. The SMILES string of the molecule is CCCCC(O)[Si](OCCC)(OCCC)OCCC. The van der Waals surface area contributed by atoms with Crippen molar-refractivity contribution < 1.29 is 18.4 Å². The lowest BCUT2D eigenvalue weighted by Gasteiger charge is -2.33. The maximum absolute atomic E-state index is 10.5. The van der Waals surface area contributed by atoms with Crippen molar-refractivity contribution in [3.05, 3.63) is 0 Å². The third-order valence-electron chi connectivity index (χ3n) is 2.76. The van der Waals surface area contributed by atoms with Crippen LogP contribution in [0.4, 0.5) is 0 Å². The topological polar surface area (TPSA) is 47.9 Å². The molecule has 0 bridgehead atoms. The van der Waals surface area contributed by atoms with Crippen LogP contribution in [0, 0.1) is 0 Å². The third kappa shape index (κ3) is 7.42. The molecule has 0 saturated heterocycles. The molecule has 1 N–H and O–H groups in total. The fraction of sp³-hybridized carbons (Fsp3) is 1.00. The molecule has 1 atom stereocenters. The molecule has 0 aliphatic carbocycles. The summed E-state index contributed by atoms with van der Waals surface area (Å²) in [6.45, 7) is 10.0. The minimum Gasteiger partial charge on any atom is -0.389 e. The van der Waals surface area contributed by atoms with Crippen LogP contribution < -0.4 is 0 Å². The second-order valence-corrected chi connectivity index (χ2v) is 7.55. The van der Waals surface area contributed by atoms with Crippen LogP contribution in [0.1, 0.15) is 66.2 Å². The Morgan fingerprint density at radius 1 is 0.789 bits per heavy atom. The zero-order valence-corrected chi connectivity index (χ0v) is 14.1. The Bertz CT molecular complexity index is 180. The summed E-state index contributed by atoms with van der Waals surface area (Å²) in [4.78, 5) is 0. The lowest BCUT2D eigenvalue weighted by Crippen LogP contribution is -2.57. The minimum atomic E-state index is -2.94. The molecule has 5 heteroatoms. The van der Waals surface area contributed by atoms with E-state index in [1.54, 1.807) is 0 Å². The molecule has 0 radical (unpaired) electrons. The predicted molar refractivity (Wildman–Crippen MR) is 80.0 cm³/mol. The summed E-state index contributed by atoms with van der Waals surface area (Å²) in [5.41, 5.74) is -0.600. The maximum atomic E-state index is 10.5. The summed E-state index contributed by atoms with van der Waals surface area (Å²) in [5, 5.41) is 10.5. The Hall–Kier alpha value is 0.0569. The van der Waals surface area contributed by atoms with E-state index in [0.717, 1.165) is 32.1 Å². The van der Waals surface area contributed by atoms with Gasteiger partial charge in [-0.1, -0.05) is 40.5 Å². The molecule has 4 nitrogen and oxygen atoms in total. The second kappa shape index (κ2) is 11.8. The first-order chi connectivity index (χ1) is 9.16. The Morgan fingerprint density at radius 3 is 1.53 bits per heavy atom. The molecule has 0 aromatic heterocycles. The van der Waals surface area contributed by atoms with Crippen molar-refractivity contribution in [1.29, 1.82) is 0 Å². The van der Waals surface area contributed by atoms with Crippen molar-refractivity contribution in [3.8, 4) is 0 Å². The van der Waals surface area contributed by atoms with Gasteiger partial charge in [0.15, 0.2) is 0 Å². The van der Waals surface area contributed by atoms with Gasteiger partial charge < -0.3 is 18.4 Å². The average molecular weight is 292 g/mol. The largest absolute Gasteiger partial charge is 0.531 e. The number of aliphatic hydroxyl groups excluding tert-OH is 1. The fourth-order valence-corrected chi connectivity index (χ4v) is 4.57. The highest BCUT2D eigenvalue weighted by Gasteiger charge is 2.48. The highest BCUT2D eigenvalue weighted by atomic mass is 28.4. The van der Waals surface area contributed by atoms with E-state index in [2.05, 4.69) is 27.7 Å². The summed E-state index contributed by atoms with van der Waals surface area (Å²) < 4.78 is 17.7. The van der Waals surface area contributed by atoms with Crippen LogP contribution in [-0.4, -0.2) is 39.5 Å². The van der Waals surface area contributed by atoms with E-state index < -0.39 is 14.5 Å². The van der Waals surface area contributed by atoms with Crippen molar-refractivity contribution in [2.24, 2.45) is 0 Å². The Balaban J connectivity index is 4.73. The van der Waals surface area contributed by atoms with Crippen LogP contribution in [0.15, 0.2) is 0 Å². The lowest BCUT2D eigenvalue weighted by atomic mass is 10.3. The van der Waals surface area contributed by atoms with Crippen LogP contribution in [0.5, 0.6) is 0 Å². The molecule has 0 rings (SSSR count). The molecular formula is C14H32O4Si. The zero-order valence-electron chi connectivity index (χ0n) is 13.1. The fourth-order valence-electron chi connectivity index (χ4n) is 1.72. The normalized spacial score (nSPS) is 13.7. The van der Waals surface area contributed by atoms with Gasteiger partial charge in [0.1, 0.15) is 5.73 Å². The molecule has 19 heavy (non-hydrogen) atoms. The molecule has 0 spiro atoms. The molecule has 0 aliphatic rings. The number of hydrogen-bond donors (Lipinski definition) is 1. The molecule has 0 fully saturated rings. The summed E-state index contributed by atoms with van der Waals surface area (Å²) >= 11 is 0. The maximum Gasteiger partial charge on any atom is 0.531 e. The Labute approximate surface area is 119 Å². The van der Waals surface area contributed by atoms with Gasteiger partial charge in [0.2, 0.25) is 0 Å². The van der Waals surface area contributed by atoms with E-state index in [9.17, 15) is 5.11 Å². The van der Waals surface area contributed by atoms with Gasteiger partial charge in [-0.05, 0) is 25.7 Å². The molecule has 0 saturated carbocycles. The summed E-state index contributed by atoms with van der Waals surface area (Å²) in [6.07, 6.45) is 5.42. The first-order valence-electron chi connectivity index (χ1n) is 7.76. The number of aliphatic hydroxyl groups is 1. The van der Waals surface area contributed by atoms with Crippen LogP contribution >= 0.6 is 0 Å². The van der Waals surface area contributed by atoms with Crippen molar-refractivity contribution in [2.75, 3.05) is 19.8 Å². The third-order valence-corrected chi connectivity index (χ3v) is 5.69. The molecule has 0 aromatic rings. The van der Waals surface area contributed by atoms with Crippen LogP contribution in [0.3, 0.4) is 0 Å². The van der Waals surface area contributed by atoms with E-state index in [1.165, 1.54) is 0 Å². The van der Waals surface area contributed by atoms with Crippen molar-refractivity contribution in [1.82, 2.24) is 0 Å². The van der Waals surface area contributed by atoms with Gasteiger partial charge in [-0.15, -0.1) is 0 Å². The van der Waals surface area contributed by atoms with Gasteiger partial charge in [-0.3, -0.25) is 0 Å². The van der Waals surface area contributed by atoms with Crippen molar-refractivity contribution in [2.45, 2.75) is 71.9 Å². The Kier molecular flexibility index (Phi) is 11.9. The van der Waals surface area contributed by atoms with E-state index in [-0.39, 0.29) is 0 Å². The molecule has 116 valence electrons. The van der Waals surface area contributed by atoms with E-state index >= 15 is 0 Å². The van der Waals surface area contributed by atoms with Gasteiger partial charge in [-0.2, -0.15) is 0 Å². The predicted octanol–water partition coefficient (Wildman–Crippen LogP) is 3.30. The van der Waals surface area contributed by atoms with Gasteiger partial charge in [0.25, 0.3) is 0 Å². The van der Waals surface area contributed by atoms with Crippen LogP contribution in [0.25, 0.3) is 0 Å². The van der Waals surface area contributed by atoms with E-state index in [1.807, 2.05) is 0 Å². The minimum absolute atomic E-state index is 0.586. The monoisotopic (exact) mass is 292 g/mol. The van der Waals surface area contributed by atoms with Gasteiger partial charge >= 0.3 is 8.80 Å². The number of rotatable bonds is 13. The van der Waals surface area contributed by atoms with Crippen LogP contribution in [0.2, 0.25) is 0 Å².